The molecule has 4 aromatic rings. The predicted molar refractivity (Wildman–Crippen MR) is 166 cm³/mol. The molecule has 1 atom stereocenters. The molecule has 1 aliphatic carbocycles. The summed E-state index contributed by atoms with van der Waals surface area (Å²) in [5.41, 5.74) is 0.528. The minimum atomic E-state index is -1.31. The van der Waals surface area contributed by atoms with E-state index in [0.717, 1.165) is 24.6 Å². The molecule has 236 valence electrons. The van der Waals surface area contributed by atoms with Gasteiger partial charge in [0.2, 0.25) is 5.72 Å². The van der Waals surface area contributed by atoms with Crippen molar-refractivity contribution in [3.63, 3.8) is 0 Å². The zero-order valence-electron chi connectivity index (χ0n) is 25.7. The number of nitrogens with zero attached hydrogens (tertiary/aromatic N) is 6. The lowest BCUT2D eigenvalue weighted by Crippen LogP contribution is -2.55. The molecule has 1 saturated heterocycles. The summed E-state index contributed by atoms with van der Waals surface area (Å²) in [6.07, 6.45) is 6.96. The Kier molecular flexibility index (Phi) is 8.22. The van der Waals surface area contributed by atoms with Gasteiger partial charge in [-0.15, -0.1) is 0 Å². The SMILES string of the molecule is COC[C@@H]1CN(C(=O)OC2(n3cc4cc(NC(=O)c5ccc6cc(C#N)cnn56)c(C(C)(C)O)cc4n3)CCCCC2)CCN1. The summed E-state index contributed by atoms with van der Waals surface area (Å²) in [5.74, 6) is -0.426. The first kappa shape index (κ1) is 30.5. The third kappa shape index (κ3) is 6.09. The number of hydrogen-bond donors (Lipinski definition) is 3. The summed E-state index contributed by atoms with van der Waals surface area (Å²) in [6.45, 7) is 5.49. The number of benzene rings is 1. The maximum absolute atomic E-state index is 13.5. The van der Waals surface area contributed by atoms with Gasteiger partial charge >= 0.3 is 6.09 Å². The van der Waals surface area contributed by atoms with Crippen LogP contribution in [0.15, 0.2) is 42.7 Å². The fourth-order valence-electron chi connectivity index (χ4n) is 6.32. The van der Waals surface area contributed by atoms with E-state index in [1.807, 2.05) is 6.20 Å². The Balaban J connectivity index is 1.32. The van der Waals surface area contributed by atoms with Gasteiger partial charge in [0, 0.05) is 68.5 Å². The first-order chi connectivity index (χ1) is 21.6. The summed E-state index contributed by atoms with van der Waals surface area (Å²) in [4.78, 5) is 28.7. The number of aromatic nitrogens is 4. The summed E-state index contributed by atoms with van der Waals surface area (Å²) in [6, 6.07) is 10.6. The van der Waals surface area contributed by atoms with Crippen LogP contribution in [0.2, 0.25) is 0 Å². The molecule has 2 fully saturated rings. The van der Waals surface area contributed by atoms with Gasteiger partial charge in [-0.2, -0.15) is 15.5 Å². The number of anilines is 1. The molecule has 1 aliphatic heterocycles. The van der Waals surface area contributed by atoms with E-state index in [4.69, 9.17) is 14.6 Å². The Labute approximate surface area is 260 Å². The first-order valence-electron chi connectivity index (χ1n) is 15.3. The van der Waals surface area contributed by atoms with Gasteiger partial charge < -0.3 is 30.1 Å². The van der Waals surface area contributed by atoms with E-state index in [1.165, 1.54) is 10.7 Å². The summed E-state index contributed by atoms with van der Waals surface area (Å²) in [5, 5.41) is 36.5. The fourth-order valence-corrected chi connectivity index (χ4v) is 6.32. The number of aliphatic hydroxyl groups is 1. The number of nitriles is 1. The molecule has 0 spiro atoms. The molecule has 3 aromatic heterocycles. The van der Waals surface area contributed by atoms with Crippen LogP contribution in [0.4, 0.5) is 10.5 Å². The summed E-state index contributed by atoms with van der Waals surface area (Å²) < 4.78 is 14.8. The molecular weight excluding hydrogens is 576 g/mol. The number of carbonyl (C=O) groups excluding carboxylic acids is 2. The Morgan fingerprint density at radius 2 is 2.02 bits per heavy atom. The van der Waals surface area contributed by atoms with E-state index >= 15 is 0 Å². The smallest absolute Gasteiger partial charge is 0.412 e. The maximum atomic E-state index is 13.5. The van der Waals surface area contributed by atoms with Crippen LogP contribution in [0.5, 0.6) is 0 Å². The summed E-state index contributed by atoms with van der Waals surface area (Å²) in [7, 11) is 1.64. The number of amides is 2. The Hall–Kier alpha value is -4.51. The highest BCUT2D eigenvalue weighted by atomic mass is 16.6. The van der Waals surface area contributed by atoms with E-state index < -0.39 is 17.2 Å². The second-order valence-corrected chi connectivity index (χ2v) is 12.4. The number of carbonyl (C=O) groups is 2. The van der Waals surface area contributed by atoms with Crippen molar-refractivity contribution in [3.05, 3.63) is 59.5 Å². The van der Waals surface area contributed by atoms with Crippen LogP contribution in [0.3, 0.4) is 0 Å². The number of piperazine rings is 1. The molecule has 4 heterocycles. The molecule has 0 bridgehead atoms. The molecule has 1 aromatic carbocycles. The molecule has 1 saturated carbocycles. The van der Waals surface area contributed by atoms with Crippen LogP contribution in [0.1, 0.15) is 67.6 Å². The third-order valence-corrected chi connectivity index (χ3v) is 8.62. The molecule has 6 rings (SSSR count). The lowest BCUT2D eigenvalue weighted by atomic mass is 9.91. The van der Waals surface area contributed by atoms with E-state index in [9.17, 15) is 20.0 Å². The van der Waals surface area contributed by atoms with Gasteiger partial charge in [0.25, 0.3) is 5.91 Å². The van der Waals surface area contributed by atoms with Crippen LogP contribution in [0, 0.1) is 11.3 Å². The van der Waals surface area contributed by atoms with Crippen molar-refractivity contribution in [1.29, 1.82) is 5.26 Å². The van der Waals surface area contributed by atoms with Gasteiger partial charge in [0.05, 0.1) is 35.0 Å². The minimum absolute atomic E-state index is 0.0374. The third-order valence-electron chi connectivity index (χ3n) is 8.62. The van der Waals surface area contributed by atoms with Gasteiger partial charge in [-0.1, -0.05) is 6.42 Å². The van der Waals surface area contributed by atoms with Crippen molar-refractivity contribution >= 4 is 34.1 Å². The van der Waals surface area contributed by atoms with Crippen LogP contribution in [-0.2, 0) is 20.8 Å². The zero-order chi connectivity index (χ0) is 31.8. The number of methoxy groups -OCH3 is 1. The van der Waals surface area contributed by atoms with Gasteiger partial charge in [-0.25, -0.2) is 14.0 Å². The van der Waals surface area contributed by atoms with Crippen molar-refractivity contribution in [3.8, 4) is 6.07 Å². The van der Waals surface area contributed by atoms with Gasteiger partial charge in [0.15, 0.2) is 0 Å². The first-order valence-corrected chi connectivity index (χ1v) is 15.3. The summed E-state index contributed by atoms with van der Waals surface area (Å²) >= 11 is 0. The standard InChI is InChI=1S/C32H38N8O5/c1-31(2,43)25-15-26-22(14-27(25)36-29(41)28-8-7-24-13-21(16-33)17-35-40(24)28)18-39(37-26)32(9-5-4-6-10-32)45-30(42)38-12-11-34-23(19-38)20-44-3/h7-8,13-15,17-18,23,34,43H,4-6,9-12,19-20H2,1-3H3,(H,36,41)/t23-/m0/s1. The minimum Gasteiger partial charge on any atom is -0.421 e. The van der Waals surface area contributed by atoms with Crippen LogP contribution in [0.25, 0.3) is 16.4 Å². The monoisotopic (exact) mass is 614 g/mol. The average molecular weight is 615 g/mol. The largest absolute Gasteiger partial charge is 0.421 e. The molecule has 0 radical (unpaired) electrons. The van der Waals surface area contributed by atoms with Crippen molar-refractivity contribution < 1.29 is 24.2 Å². The number of rotatable bonds is 7. The number of nitrogens with one attached hydrogen (secondary N) is 2. The van der Waals surface area contributed by atoms with Crippen molar-refractivity contribution in [2.24, 2.45) is 0 Å². The molecule has 45 heavy (non-hydrogen) atoms. The van der Waals surface area contributed by atoms with E-state index in [0.29, 0.717) is 66.9 Å². The van der Waals surface area contributed by atoms with Crippen LogP contribution in [-0.4, -0.2) is 80.8 Å². The highest BCUT2D eigenvalue weighted by molar-refractivity contribution is 6.05. The lowest BCUT2D eigenvalue weighted by Gasteiger charge is -2.40. The normalized spacial score (nSPS) is 18.6. The molecule has 2 aliphatic rings. The average Bonchev–Trinajstić information content (AvgIpc) is 3.65. The lowest BCUT2D eigenvalue weighted by molar-refractivity contribution is -0.101. The van der Waals surface area contributed by atoms with Gasteiger partial charge in [-0.3, -0.25) is 4.79 Å². The highest BCUT2D eigenvalue weighted by Crippen LogP contribution is 2.39. The maximum Gasteiger partial charge on any atom is 0.412 e. The Morgan fingerprint density at radius 3 is 2.76 bits per heavy atom. The van der Waals surface area contributed by atoms with Crippen molar-refractivity contribution in [1.82, 2.24) is 29.6 Å². The van der Waals surface area contributed by atoms with E-state index in [1.54, 1.807) is 60.9 Å². The highest BCUT2D eigenvalue weighted by Gasteiger charge is 2.41. The Bertz CT molecular complexity index is 1770. The molecule has 13 heteroatoms. The van der Waals surface area contributed by atoms with Crippen LogP contribution < -0.4 is 10.6 Å². The van der Waals surface area contributed by atoms with Crippen molar-refractivity contribution in [2.75, 3.05) is 38.7 Å². The number of hydrogen-bond acceptors (Lipinski definition) is 9. The van der Waals surface area contributed by atoms with Crippen molar-refractivity contribution in [2.45, 2.75) is 63.3 Å². The fraction of sp³-hybridized carbons (Fsp3) is 0.469. The Morgan fingerprint density at radius 1 is 1.22 bits per heavy atom. The van der Waals surface area contributed by atoms with E-state index in [-0.39, 0.29) is 17.8 Å². The topological polar surface area (TPSA) is 159 Å². The molecular formula is C32H38N8O5. The molecule has 13 nitrogen and oxygen atoms in total. The van der Waals surface area contributed by atoms with E-state index in [2.05, 4.69) is 21.8 Å². The molecule has 3 N–H and O–H groups in total. The molecule has 2 amide bonds. The van der Waals surface area contributed by atoms with Gasteiger partial charge in [0.1, 0.15) is 11.8 Å². The number of ether oxygens (including phenoxy) is 2. The predicted octanol–water partition coefficient (Wildman–Crippen LogP) is 3.71. The molecule has 0 unspecified atom stereocenters. The van der Waals surface area contributed by atoms with Crippen LogP contribution >= 0.6 is 0 Å². The number of fused-ring (bicyclic) bond motifs is 2. The zero-order valence-corrected chi connectivity index (χ0v) is 25.7. The second-order valence-electron chi connectivity index (χ2n) is 12.4. The van der Waals surface area contributed by atoms with Gasteiger partial charge in [-0.05, 0) is 57.0 Å². The quantitative estimate of drug-likeness (QED) is 0.282. The second kappa shape index (κ2) is 12.1.